The summed E-state index contributed by atoms with van der Waals surface area (Å²) in [4.78, 5) is 24.6. The van der Waals surface area contributed by atoms with Crippen molar-refractivity contribution in [3.63, 3.8) is 0 Å². The van der Waals surface area contributed by atoms with E-state index < -0.39 is 21.9 Å². The smallest absolute Gasteiger partial charge is 0.340 e. The zero-order valence-corrected chi connectivity index (χ0v) is 15.6. The topological polar surface area (TPSA) is 102 Å². The van der Waals surface area contributed by atoms with E-state index in [-0.39, 0.29) is 28.7 Å². The number of carbonyl (C=O) groups excluding carboxylic acids is 2. The molecule has 1 aliphatic rings. The van der Waals surface area contributed by atoms with Crippen LogP contribution in [0.3, 0.4) is 0 Å². The van der Waals surface area contributed by atoms with Gasteiger partial charge in [-0.3, -0.25) is 4.79 Å². The molecule has 2 N–H and O–H groups in total. The molecule has 1 saturated carbocycles. The minimum Gasteiger partial charge on any atom is -0.462 e. The Balaban J connectivity index is 1.74. The first-order valence-corrected chi connectivity index (χ1v) is 10.1. The molecule has 2 aromatic rings. The number of para-hydroxylation sites is 1. The first kappa shape index (κ1) is 19.1. The highest BCUT2D eigenvalue weighted by Crippen LogP contribution is 2.22. The predicted octanol–water partition coefficient (Wildman–Crippen LogP) is 2.56. The van der Waals surface area contributed by atoms with Crippen molar-refractivity contribution in [1.29, 1.82) is 0 Å². The van der Waals surface area contributed by atoms with Gasteiger partial charge in [-0.2, -0.15) is 0 Å². The summed E-state index contributed by atoms with van der Waals surface area (Å²) in [6, 6.07) is 12.2. The standard InChI is InChI=1S/C19H20N2O5S/c1-2-26-19(23)16-5-3-4-6-17(16)20-18(22)13-7-11-15(12-8-13)27(24,25)21-14-9-10-14/h3-8,11-12,14,21H,2,9-10H2,1H3,(H,20,22). The van der Waals surface area contributed by atoms with Crippen LogP contribution < -0.4 is 10.0 Å². The van der Waals surface area contributed by atoms with Gasteiger partial charge in [-0.15, -0.1) is 0 Å². The average molecular weight is 388 g/mol. The summed E-state index contributed by atoms with van der Waals surface area (Å²) in [5, 5.41) is 2.66. The van der Waals surface area contributed by atoms with Crippen LogP contribution in [0.1, 0.15) is 40.5 Å². The third-order valence-electron chi connectivity index (χ3n) is 4.00. The number of amides is 1. The number of sulfonamides is 1. The van der Waals surface area contributed by atoms with Crippen molar-refractivity contribution in [2.75, 3.05) is 11.9 Å². The SMILES string of the molecule is CCOC(=O)c1ccccc1NC(=O)c1ccc(S(=O)(=O)NC2CC2)cc1. The van der Waals surface area contributed by atoms with E-state index in [4.69, 9.17) is 4.74 Å². The summed E-state index contributed by atoms with van der Waals surface area (Å²) in [6.45, 7) is 1.93. The van der Waals surface area contributed by atoms with Gasteiger partial charge in [0.25, 0.3) is 5.91 Å². The normalized spacial score (nSPS) is 13.8. The molecule has 8 heteroatoms. The Hall–Kier alpha value is -2.71. The van der Waals surface area contributed by atoms with Gasteiger partial charge in [-0.25, -0.2) is 17.9 Å². The molecule has 1 amide bonds. The highest BCUT2D eigenvalue weighted by molar-refractivity contribution is 7.89. The fourth-order valence-electron chi connectivity index (χ4n) is 2.45. The second-order valence-electron chi connectivity index (χ2n) is 6.14. The third kappa shape index (κ3) is 4.72. The van der Waals surface area contributed by atoms with Gasteiger partial charge < -0.3 is 10.1 Å². The molecule has 0 heterocycles. The molecular weight excluding hydrogens is 368 g/mol. The fourth-order valence-corrected chi connectivity index (χ4v) is 3.75. The van der Waals surface area contributed by atoms with E-state index in [1.54, 1.807) is 31.2 Å². The Labute approximate surface area is 157 Å². The molecule has 0 bridgehead atoms. The molecule has 7 nitrogen and oxygen atoms in total. The maximum Gasteiger partial charge on any atom is 0.340 e. The van der Waals surface area contributed by atoms with Crippen LogP contribution in [0.5, 0.6) is 0 Å². The average Bonchev–Trinajstić information content (AvgIpc) is 3.46. The van der Waals surface area contributed by atoms with E-state index in [0.717, 1.165) is 12.8 Å². The van der Waals surface area contributed by atoms with Gasteiger partial charge in [-0.05, 0) is 56.2 Å². The molecule has 27 heavy (non-hydrogen) atoms. The van der Waals surface area contributed by atoms with Crippen LogP contribution in [0.25, 0.3) is 0 Å². The number of hydrogen-bond acceptors (Lipinski definition) is 5. The lowest BCUT2D eigenvalue weighted by atomic mass is 10.1. The lowest BCUT2D eigenvalue weighted by molar-refractivity contribution is 0.0527. The largest absolute Gasteiger partial charge is 0.462 e. The second kappa shape index (κ2) is 7.89. The van der Waals surface area contributed by atoms with Crippen molar-refractivity contribution >= 4 is 27.6 Å². The summed E-state index contributed by atoms with van der Waals surface area (Å²) >= 11 is 0. The quantitative estimate of drug-likeness (QED) is 0.710. The van der Waals surface area contributed by atoms with Crippen LogP contribution in [0.2, 0.25) is 0 Å². The number of ether oxygens (including phenoxy) is 1. The number of hydrogen-bond donors (Lipinski definition) is 2. The van der Waals surface area contributed by atoms with Gasteiger partial charge in [0.2, 0.25) is 10.0 Å². The summed E-state index contributed by atoms with van der Waals surface area (Å²) in [5.41, 5.74) is 0.854. The van der Waals surface area contributed by atoms with Crippen LogP contribution in [-0.2, 0) is 14.8 Å². The molecule has 1 fully saturated rings. The van der Waals surface area contributed by atoms with Crippen LogP contribution in [-0.4, -0.2) is 32.9 Å². The Morgan fingerprint density at radius 3 is 2.37 bits per heavy atom. The summed E-state index contributed by atoms with van der Waals surface area (Å²) in [5.74, 6) is -0.980. The summed E-state index contributed by atoms with van der Waals surface area (Å²) < 4.78 is 31.9. The Bertz CT molecular complexity index is 950. The van der Waals surface area contributed by atoms with Crippen molar-refractivity contribution in [2.24, 2.45) is 0 Å². The van der Waals surface area contributed by atoms with Crippen LogP contribution in [0, 0.1) is 0 Å². The van der Waals surface area contributed by atoms with Crippen LogP contribution in [0.15, 0.2) is 53.4 Å². The number of carbonyl (C=O) groups is 2. The van der Waals surface area contributed by atoms with E-state index in [9.17, 15) is 18.0 Å². The van der Waals surface area contributed by atoms with Gasteiger partial charge >= 0.3 is 5.97 Å². The molecule has 0 unspecified atom stereocenters. The molecule has 2 aromatic carbocycles. The van der Waals surface area contributed by atoms with Gasteiger partial charge in [0.15, 0.2) is 0 Å². The number of anilines is 1. The second-order valence-corrected chi connectivity index (χ2v) is 7.85. The molecular formula is C19H20N2O5S. The van der Waals surface area contributed by atoms with E-state index in [1.165, 1.54) is 24.3 Å². The summed E-state index contributed by atoms with van der Waals surface area (Å²) in [7, 11) is -3.57. The molecule has 1 aliphatic carbocycles. The van der Waals surface area contributed by atoms with Crippen molar-refractivity contribution in [1.82, 2.24) is 4.72 Å². The van der Waals surface area contributed by atoms with Crippen molar-refractivity contribution in [3.05, 3.63) is 59.7 Å². The molecule has 0 spiro atoms. The third-order valence-corrected chi connectivity index (χ3v) is 5.53. The Morgan fingerprint density at radius 1 is 1.07 bits per heavy atom. The van der Waals surface area contributed by atoms with E-state index >= 15 is 0 Å². The molecule has 0 radical (unpaired) electrons. The molecule has 0 aromatic heterocycles. The summed E-state index contributed by atoms with van der Waals surface area (Å²) in [6.07, 6.45) is 1.69. The van der Waals surface area contributed by atoms with E-state index in [1.807, 2.05) is 0 Å². The number of esters is 1. The lowest BCUT2D eigenvalue weighted by Gasteiger charge is -2.11. The number of rotatable bonds is 7. The van der Waals surface area contributed by atoms with Crippen molar-refractivity contribution in [2.45, 2.75) is 30.7 Å². The monoisotopic (exact) mass is 388 g/mol. The molecule has 0 aliphatic heterocycles. The minimum atomic E-state index is -3.57. The van der Waals surface area contributed by atoms with Crippen LogP contribution in [0.4, 0.5) is 5.69 Å². The number of nitrogens with one attached hydrogen (secondary N) is 2. The maximum absolute atomic E-state index is 12.5. The van der Waals surface area contributed by atoms with E-state index in [0.29, 0.717) is 5.69 Å². The van der Waals surface area contributed by atoms with E-state index in [2.05, 4.69) is 10.0 Å². The molecule has 142 valence electrons. The molecule has 0 atom stereocenters. The first-order chi connectivity index (χ1) is 12.9. The van der Waals surface area contributed by atoms with Crippen molar-refractivity contribution in [3.8, 4) is 0 Å². The lowest BCUT2D eigenvalue weighted by Crippen LogP contribution is -2.25. The minimum absolute atomic E-state index is 0.0114. The highest BCUT2D eigenvalue weighted by Gasteiger charge is 2.28. The zero-order valence-electron chi connectivity index (χ0n) is 14.8. The van der Waals surface area contributed by atoms with Gasteiger partial charge in [0.1, 0.15) is 0 Å². The maximum atomic E-state index is 12.5. The van der Waals surface area contributed by atoms with Gasteiger partial charge in [-0.1, -0.05) is 12.1 Å². The highest BCUT2D eigenvalue weighted by atomic mass is 32.2. The fraction of sp³-hybridized carbons (Fsp3) is 0.263. The van der Waals surface area contributed by atoms with Gasteiger partial charge in [0.05, 0.1) is 22.8 Å². The van der Waals surface area contributed by atoms with Crippen LogP contribution >= 0.6 is 0 Å². The predicted molar refractivity (Wildman–Crippen MR) is 100 cm³/mol. The number of benzene rings is 2. The Morgan fingerprint density at radius 2 is 1.74 bits per heavy atom. The molecule has 3 rings (SSSR count). The van der Waals surface area contributed by atoms with Crippen molar-refractivity contribution < 1.29 is 22.7 Å². The zero-order chi connectivity index (χ0) is 19.4. The molecule has 0 saturated heterocycles. The first-order valence-electron chi connectivity index (χ1n) is 8.60. The Kier molecular flexibility index (Phi) is 5.57. The van der Waals surface area contributed by atoms with Gasteiger partial charge in [0, 0.05) is 11.6 Å².